The SMILES string of the molecule is CC(C)(C)c1ccc(C(=O)Nc2cccc(NC(=O)c3ccc(NS(=O)(=O)c4ccccc4)cc3Cl)c2)cc1. The number of anilines is 3. The first-order valence-electron chi connectivity index (χ1n) is 12.1. The predicted molar refractivity (Wildman–Crippen MR) is 156 cm³/mol. The second-order valence-electron chi connectivity index (χ2n) is 9.93. The molecular formula is C30H28ClN3O4S. The molecule has 0 unspecified atom stereocenters. The van der Waals surface area contributed by atoms with E-state index in [4.69, 9.17) is 11.6 Å². The van der Waals surface area contributed by atoms with Crippen molar-refractivity contribution < 1.29 is 18.0 Å². The number of carbonyl (C=O) groups excluding carboxylic acids is 2. The molecule has 4 aromatic carbocycles. The van der Waals surface area contributed by atoms with Crippen molar-refractivity contribution in [3.05, 3.63) is 119 Å². The molecule has 0 aliphatic rings. The van der Waals surface area contributed by atoms with E-state index in [1.54, 1.807) is 54.6 Å². The molecule has 2 amide bonds. The Bertz CT molecular complexity index is 1610. The summed E-state index contributed by atoms with van der Waals surface area (Å²) in [6, 6.07) is 26.4. The van der Waals surface area contributed by atoms with Gasteiger partial charge in [-0.15, -0.1) is 0 Å². The van der Waals surface area contributed by atoms with Crippen LogP contribution in [0.2, 0.25) is 5.02 Å². The van der Waals surface area contributed by atoms with Gasteiger partial charge in [0.15, 0.2) is 0 Å². The molecule has 39 heavy (non-hydrogen) atoms. The molecule has 0 heterocycles. The van der Waals surface area contributed by atoms with Crippen molar-refractivity contribution in [2.75, 3.05) is 15.4 Å². The van der Waals surface area contributed by atoms with Crippen LogP contribution >= 0.6 is 11.6 Å². The number of nitrogens with one attached hydrogen (secondary N) is 3. The van der Waals surface area contributed by atoms with Gasteiger partial charge in [0.2, 0.25) is 0 Å². The molecule has 7 nitrogen and oxygen atoms in total. The van der Waals surface area contributed by atoms with Crippen molar-refractivity contribution >= 4 is 50.5 Å². The van der Waals surface area contributed by atoms with Crippen molar-refractivity contribution in [2.24, 2.45) is 0 Å². The number of amides is 2. The fourth-order valence-corrected chi connectivity index (χ4v) is 5.11. The van der Waals surface area contributed by atoms with E-state index in [2.05, 4.69) is 36.1 Å². The largest absolute Gasteiger partial charge is 0.322 e. The molecule has 0 aliphatic heterocycles. The molecule has 9 heteroatoms. The Morgan fingerprint density at radius 3 is 1.90 bits per heavy atom. The number of hydrogen-bond donors (Lipinski definition) is 3. The van der Waals surface area contributed by atoms with E-state index in [-0.39, 0.29) is 32.5 Å². The van der Waals surface area contributed by atoms with Gasteiger partial charge in [-0.25, -0.2) is 8.42 Å². The Kier molecular flexibility index (Phi) is 8.09. The Labute approximate surface area is 233 Å². The van der Waals surface area contributed by atoms with Gasteiger partial charge in [-0.3, -0.25) is 14.3 Å². The minimum Gasteiger partial charge on any atom is -0.322 e. The molecule has 4 rings (SSSR count). The normalized spacial score (nSPS) is 11.5. The first-order chi connectivity index (χ1) is 18.4. The fraction of sp³-hybridized carbons (Fsp3) is 0.133. The molecule has 0 radical (unpaired) electrons. The van der Waals surface area contributed by atoms with Gasteiger partial charge in [-0.1, -0.05) is 68.8 Å². The highest BCUT2D eigenvalue weighted by Gasteiger charge is 2.17. The quantitative estimate of drug-likeness (QED) is 0.227. The Balaban J connectivity index is 1.42. The van der Waals surface area contributed by atoms with Crippen LogP contribution < -0.4 is 15.4 Å². The lowest BCUT2D eigenvalue weighted by Gasteiger charge is -2.19. The zero-order valence-electron chi connectivity index (χ0n) is 21.7. The minimum atomic E-state index is -3.80. The second kappa shape index (κ2) is 11.3. The van der Waals surface area contributed by atoms with Crippen LogP contribution in [0.5, 0.6) is 0 Å². The van der Waals surface area contributed by atoms with Crippen LogP contribution in [0.15, 0.2) is 102 Å². The number of benzene rings is 4. The van der Waals surface area contributed by atoms with E-state index in [0.29, 0.717) is 16.9 Å². The molecule has 0 saturated carbocycles. The zero-order valence-corrected chi connectivity index (χ0v) is 23.2. The maximum atomic E-state index is 12.9. The number of halogens is 1. The van der Waals surface area contributed by atoms with Crippen LogP contribution in [0.1, 0.15) is 47.1 Å². The van der Waals surface area contributed by atoms with E-state index in [1.807, 2.05) is 12.1 Å². The summed E-state index contributed by atoms with van der Waals surface area (Å²) < 4.78 is 27.6. The zero-order chi connectivity index (χ0) is 28.2. The lowest BCUT2D eigenvalue weighted by atomic mass is 9.87. The second-order valence-corrected chi connectivity index (χ2v) is 12.0. The van der Waals surface area contributed by atoms with Crippen LogP contribution in [0, 0.1) is 0 Å². The van der Waals surface area contributed by atoms with Crippen LogP contribution in [-0.4, -0.2) is 20.2 Å². The van der Waals surface area contributed by atoms with Crippen molar-refractivity contribution in [1.82, 2.24) is 0 Å². The van der Waals surface area contributed by atoms with Gasteiger partial charge >= 0.3 is 0 Å². The van der Waals surface area contributed by atoms with E-state index < -0.39 is 15.9 Å². The average Bonchev–Trinajstić information content (AvgIpc) is 2.89. The summed E-state index contributed by atoms with van der Waals surface area (Å²) in [5.41, 5.74) is 2.98. The van der Waals surface area contributed by atoms with Gasteiger partial charge in [0.25, 0.3) is 21.8 Å². The Morgan fingerprint density at radius 1 is 0.692 bits per heavy atom. The third kappa shape index (κ3) is 7.04. The number of rotatable bonds is 7. The number of hydrogen-bond acceptors (Lipinski definition) is 4. The highest BCUT2D eigenvalue weighted by Crippen LogP contribution is 2.26. The maximum absolute atomic E-state index is 12.9. The molecule has 0 saturated heterocycles. The lowest BCUT2D eigenvalue weighted by Crippen LogP contribution is -2.16. The molecule has 200 valence electrons. The van der Waals surface area contributed by atoms with Crippen LogP contribution in [0.25, 0.3) is 0 Å². The van der Waals surface area contributed by atoms with Crippen molar-refractivity contribution in [2.45, 2.75) is 31.1 Å². The van der Waals surface area contributed by atoms with Crippen molar-refractivity contribution in [3.8, 4) is 0 Å². The maximum Gasteiger partial charge on any atom is 0.261 e. The molecule has 0 spiro atoms. The minimum absolute atomic E-state index is 0.0128. The van der Waals surface area contributed by atoms with Gasteiger partial charge < -0.3 is 10.6 Å². The molecule has 4 aromatic rings. The summed E-state index contributed by atoms with van der Waals surface area (Å²) >= 11 is 6.32. The third-order valence-electron chi connectivity index (χ3n) is 5.91. The van der Waals surface area contributed by atoms with Gasteiger partial charge in [0, 0.05) is 16.9 Å². The summed E-state index contributed by atoms with van der Waals surface area (Å²) in [6.07, 6.45) is 0. The van der Waals surface area contributed by atoms with E-state index in [9.17, 15) is 18.0 Å². The summed E-state index contributed by atoms with van der Waals surface area (Å²) in [7, 11) is -3.80. The molecule has 0 fully saturated rings. The van der Waals surface area contributed by atoms with E-state index >= 15 is 0 Å². The standard InChI is InChI=1S/C30H28ClN3O4S/c1-30(2,3)21-14-12-20(13-15-21)28(35)32-22-8-7-9-23(18-22)33-29(36)26-17-16-24(19-27(26)31)34-39(37,38)25-10-5-4-6-11-25/h4-19,34H,1-3H3,(H,32,35)(H,33,36). The molecule has 0 aliphatic carbocycles. The summed E-state index contributed by atoms with van der Waals surface area (Å²) in [5.74, 6) is -0.755. The van der Waals surface area contributed by atoms with Crippen molar-refractivity contribution in [1.29, 1.82) is 0 Å². The van der Waals surface area contributed by atoms with Gasteiger partial charge in [-0.05, 0) is 71.6 Å². The van der Waals surface area contributed by atoms with Crippen molar-refractivity contribution in [3.63, 3.8) is 0 Å². The Morgan fingerprint density at radius 2 is 1.31 bits per heavy atom. The molecular weight excluding hydrogens is 534 g/mol. The van der Waals surface area contributed by atoms with Crippen LogP contribution in [0.4, 0.5) is 17.1 Å². The van der Waals surface area contributed by atoms with E-state index in [1.165, 1.54) is 30.3 Å². The number of sulfonamides is 1. The molecule has 0 bridgehead atoms. The fourth-order valence-electron chi connectivity index (χ4n) is 3.77. The average molecular weight is 562 g/mol. The summed E-state index contributed by atoms with van der Waals surface area (Å²) in [4.78, 5) is 25.7. The monoisotopic (exact) mass is 561 g/mol. The third-order valence-corrected chi connectivity index (χ3v) is 7.62. The van der Waals surface area contributed by atoms with E-state index in [0.717, 1.165) is 5.56 Å². The molecule has 0 atom stereocenters. The lowest BCUT2D eigenvalue weighted by molar-refractivity contribution is 0.101. The highest BCUT2D eigenvalue weighted by atomic mass is 35.5. The highest BCUT2D eigenvalue weighted by molar-refractivity contribution is 7.92. The van der Waals surface area contributed by atoms with Gasteiger partial charge in [0.05, 0.1) is 21.2 Å². The topological polar surface area (TPSA) is 104 Å². The smallest absolute Gasteiger partial charge is 0.261 e. The Hall–Kier alpha value is -4.14. The summed E-state index contributed by atoms with van der Waals surface area (Å²) in [6.45, 7) is 6.32. The van der Waals surface area contributed by atoms with Crippen LogP contribution in [0.3, 0.4) is 0 Å². The molecule has 0 aromatic heterocycles. The first-order valence-corrected chi connectivity index (χ1v) is 14.0. The van der Waals surface area contributed by atoms with Gasteiger partial charge in [0.1, 0.15) is 0 Å². The predicted octanol–water partition coefficient (Wildman–Crippen LogP) is 6.94. The van der Waals surface area contributed by atoms with Crippen LogP contribution in [-0.2, 0) is 15.4 Å². The van der Waals surface area contributed by atoms with Gasteiger partial charge in [-0.2, -0.15) is 0 Å². The first kappa shape index (κ1) is 27.9. The number of carbonyl (C=O) groups is 2. The summed E-state index contributed by atoms with van der Waals surface area (Å²) in [5, 5.41) is 5.67. The molecule has 3 N–H and O–H groups in total.